The zero-order chi connectivity index (χ0) is 21.9. The predicted octanol–water partition coefficient (Wildman–Crippen LogP) is 2.27. The maximum absolute atomic E-state index is 11.5. The Kier molecular flexibility index (Phi) is 5.42. The van der Waals surface area contributed by atoms with Gasteiger partial charge < -0.3 is 19.7 Å². The summed E-state index contributed by atoms with van der Waals surface area (Å²) < 4.78 is 13.7. The molecule has 0 atom stereocenters. The van der Waals surface area contributed by atoms with Gasteiger partial charge >= 0.3 is 6.09 Å². The number of ether oxygens (including phenoxy) is 2. The van der Waals surface area contributed by atoms with Crippen molar-refractivity contribution in [1.82, 2.24) is 29.7 Å². The SMILES string of the molecule is COC(=O)NCc1cc2nc(-n3ccc(-c4ccccc4)n3)cc(N3CCOCC3)n2n1. The summed E-state index contributed by atoms with van der Waals surface area (Å²) in [5, 5.41) is 12.0. The summed E-state index contributed by atoms with van der Waals surface area (Å²) in [6.45, 7) is 3.05. The van der Waals surface area contributed by atoms with Crippen LogP contribution in [0.25, 0.3) is 22.7 Å². The molecule has 1 saturated heterocycles. The van der Waals surface area contributed by atoms with Gasteiger partial charge in [-0.15, -0.1) is 0 Å². The summed E-state index contributed by atoms with van der Waals surface area (Å²) in [7, 11) is 1.33. The Bertz CT molecular complexity index is 1230. The third kappa shape index (κ3) is 4.00. The first kappa shape index (κ1) is 20.0. The Morgan fingerprint density at radius 2 is 1.94 bits per heavy atom. The standard InChI is InChI=1S/C22H23N7O3/c1-31-22(30)23-15-17-13-20-24-19(14-21(29(20)25-17)27-9-11-32-12-10-27)28-8-7-18(26-28)16-5-3-2-4-6-16/h2-8,13-14H,9-12,15H2,1H3,(H,23,30). The van der Waals surface area contributed by atoms with Crippen LogP contribution in [0.15, 0.2) is 54.7 Å². The Balaban J connectivity index is 1.54. The fraction of sp³-hybridized carbons (Fsp3) is 0.273. The summed E-state index contributed by atoms with van der Waals surface area (Å²) in [6.07, 6.45) is 1.40. The molecular weight excluding hydrogens is 410 g/mol. The highest BCUT2D eigenvalue weighted by atomic mass is 16.5. The van der Waals surface area contributed by atoms with Gasteiger partial charge in [0.05, 0.1) is 38.3 Å². The number of anilines is 1. The maximum atomic E-state index is 11.5. The molecule has 1 aromatic carbocycles. The number of hydrogen-bond donors (Lipinski definition) is 1. The number of rotatable bonds is 5. The van der Waals surface area contributed by atoms with Crippen molar-refractivity contribution in [3.05, 3.63) is 60.4 Å². The van der Waals surface area contributed by atoms with Gasteiger partial charge in [-0.2, -0.15) is 14.7 Å². The van der Waals surface area contributed by atoms with Gasteiger partial charge in [-0.05, 0) is 6.07 Å². The zero-order valence-corrected chi connectivity index (χ0v) is 17.6. The average molecular weight is 433 g/mol. The zero-order valence-electron chi connectivity index (χ0n) is 17.6. The molecule has 5 rings (SSSR count). The number of methoxy groups -OCH3 is 1. The third-order valence-corrected chi connectivity index (χ3v) is 5.27. The molecule has 1 aliphatic heterocycles. The van der Waals surface area contributed by atoms with E-state index in [0.717, 1.165) is 30.2 Å². The highest BCUT2D eigenvalue weighted by Gasteiger charge is 2.19. The number of nitrogens with zero attached hydrogens (tertiary/aromatic N) is 6. The molecule has 1 amide bonds. The largest absolute Gasteiger partial charge is 0.453 e. The van der Waals surface area contributed by atoms with E-state index in [1.165, 1.54) is 7.11 Å². The van der Waals surface area contributed by atoms with Gasteiger partial charge in [0.1, 0.15) is 5.82 Å². The number of carbonyl (C=O) groups excluding carboxylic acids is 1. The Hall–Kier alpha value is -3.92. The topological polar surface area (TPSA) is 98.8 Å². The summed E-state index contributed by atoms with van der Waals surface area (Å²) in [6, 6.07) is 15.8. The molecule has 10 heteroatoms. The summed E-state index contributed by atoms with van der Waals surface area (Å²) in [4.78, 5) is 18.4. The Morgan fingerprint density at radius 1 is 1.12 bits per heavy atom. The van der Waals surface area contributed by atoms with Crippen molar-refractivity contribution >= 4 is 17.6 Å². The molecule has 1 N–H and O–H groups in total. The predicted molar refractivity (Wildman–Crippen MR) is 118 cm³/mol. The van der Waals surface area contributed by atoms with Crippen molar-refractivity contribution < 1.29 is 14.3 Å². The number of aromatic nitrogens is 5. The molecule has 10 nitrogen and oxygen atoms in total. The Labute approximate surface area is 184 Å². The second-order valence-electron chi connectivity index (χ2n) is 7.33. The molecule has 1 fully saturated rings. The minimum atomic E-state index is -0.505. The molecule has 0 aliphatic carbocycles. The first-order valence-electron chi connectivity index (χ1n) is 10.4. The van der Waals surface area contributed by atoms with Crippen LogP contribution in [-0.2, 0) is 16.0 Å². The van der Waals surface area contributed by atoms with Crippen molar-refractivity contribution in [2.75, 3.05) is 38.3 Å². The van der Waals surface area contributed by atoms with E-state index < -0.39 is 6.09 Å². The summed E-state index contributed by atoms with van der Waals surface area (Å²) >= 11 is 0. The second-order valence-corrected chi connectivity index (χ2v) is 7.33. The summed E-state index contributed by atoms with van der Waals surface area (Å²) in [5.74, 6) is 1.59. The van der Waals surface area contributed by atoms with Crippen LogP contribution in [0.3, 0.4) is 0 Å². The molecule has 0 spiro atoms. The number of fused-ring (bicyclic) bond motifs is 1. The molecule has 32 heavy (non-hydrogen) atoms. The van der Waals surface area contributed by atoms with Crippen molar-refractivity contribution in [3.63, 3.8) is 0 Å². The molecule has 4 aromatic rings. The summed E-state index contributed by atoms with van der Waals surface area (Å²) in [5.41, 5.74) is 3.26. The molecular formula is C22H23N7O3. The lowest BCUT2D eigenvalue weighted by atomic mass is 10.2. The van der Waals surface area contributed by atoms with Gasteiger partial charge in [-0.3, -0.25) is 0 Å². The number of hydrogen-bond acceptors (Lipinski definition) is 7. The van der Waals surface area contributed by atoms with Gasteiger partial charge in [0.25, 0.3) is 0 Å². The van der Waals surface area contributed by atoms with Crippen molar-refractivity contribution in [2.24, 2.45) is 0 Å². The van der Waals surface area contributed by atoms with Gasteiger partial charge in [-0.25, -0.2) is 14.5 Å². The monoisotopic (exact) mass is 433 g/mol. The fourth-order valence-corrected chi connectivity index (χ4v) is 3.66. The van der Waals surface area contributed by atoms with Crippen LogP contribution in [-0.4, -0.2) is 63.9 Å². The molecule has 4 heterocycles. The number of alkyl carbamates (subject to hydrolysis) is 1. The number of amides is 1. The van der Waals surface area contributed by atoms with E-state index in [4.69, 9.17) is 14.8 Å². The van der Waals surface area contributed by atoms with E-state index >= 15 is 0 Å². The lowest BCUT2D eigenvalue weighted by molar-refractivity contribution is 0.122. The number of morpholine rings is 1. The van der Waals surface area contributed by atoms with Gasteiger partial charge in [-0.1, -0.05) is 30.3 Å². The van der Waals surface area contributed by atoms with E-state index in [1.54, 1.807) is 9.20 Å². The first-order valence-corrected chi connectivity index (χ1v) is 10.4. The van der Waals surface area contributed by atoms with Crippen LogP contribution >= 0.6 is 0 Å². The molecule has 3 aromatic heterocycles. The molecule has 0 saturated carbocycles. The van der Waals surface area contributed by atoms with Crippen molar-refractivity contribution in [2.45, 2.75) is 6.54 Å². The molecule has 0 radical (unpaired) electrons. The van der Waals surface area contributed by atoms with E-state index in [9.17, 15) is 4.79 Å². The maximum Gasteiger partial charge on any atom is 0.407 e. The first-order chi connectivity index (χ1) is 15.7. The molecule has 1 aliphatic rings. The van der Waals surface area contributed by atoms with Gasteiger partial charge in [0.2, 0.25) is 0 Å². The van der Waals surface area contributed by atoms with E-state index in [2.05, 4.69) is 20.1 Å². The van der Waals surface area contributed by atoms with E-state index in [0.29, 0.717) is 30.4 Å². The number of nitrogens with one attached hydrogen (secondary N) is 1. The highest BCUT2D eigenvalue weighted by molar-refractivity contribution is 5.67. The smallest absolute Gasteiger partial charge is 0.407 e. The number of benzene rings is 1. The molecule has 164 valence electrons. The third-order valence-electron chi connectivity index (χ3n) is 5.27. The fourth-order valence-electron chi connectivity index (χ4n) is 3.66. The van der Waals surface area contributed by atoms with E-state index in [-0.39, 0.29) is 6.54 Å². The van der Waals surface area contributed by atoms with Gasteiger partial charge in [0, 0.05) is 37.0 Å². The second kappa shape index (κ2) is 8.67. The minimum Gasteiger partial charge on any atom is -0.453 e. The normalized spacial score (nSPS) is 14.0. The molecule has 0 unspecified atom stereocenters. The van der Waals surface area contributed by atoms with Crippen molar-refractivity contribution in [1.29, 1.82) is 0 Å². The average Bonchev–Trinajstić information content (AvgIpc) is 3.50. The van der Waals surface area contributed by atoms with Crippen LogP contribution in [0.5, 0.6) is 0 Å². The quantitative estimate of drug-likeness (QED) is 0.515. The van der Waals surface area contributed by atoms with Crippen LogP contribution in [0.2, 0.25) is 0 Å². The highest BCUT2D eigenvalue weighted by Crippen LogP contribution is 2.23. The number of carbonyl (C=O) groups is 1. The lowest BCUT2D eigenvalue weighted by Crippen LogP contribution is -2.37. The van der Waals surface area contributed by atoms with Crippen LogP contribution in [0, 0.1) is 0 Å². The van der Waals surface area contributed by atoms with Crippen LogP contribution in [0.1, 0.15) is 5.69 Å². The Morgan fingerprint density at radius 3 is 2.72 bits per heavy atom. The molecule has 0 bridgehead atoms. The van der Waals surface area contributed by atoms with E-state index in [1.807, 2.05) is 54.7 Å². The van der Waals surface area contributed by atoms with Gasteiger partial charge in [0.15, 0.2) is 11.5 Å². The van der Waals surface area contributed by atoms with Crippen LogP contribution < -0.4 is 10.2 Å². The minimum absolute atomic E-state index is 0.244. The van der Waals surface area contributed by atoms with Crippen LogP contribution in [0.4, 0.5) is 10.6 Å². The lowest BCUT2D eigenvalue weighted by Gasteiger charge is -2.29. The van der Waals surface area contributed by atoms with Crippen molar-refractivity contribution in [3.8, 4) is 17.1 Å².